The van der Waals surface area contributed by atoms with Crippen LogP contribution in [0, 0.1) is 5.41 Å². The van der Waals surface area contributed by atoms with E-state index >= 15 is 0 Å². The summed E-state index contributed by atoms with van der Waals surface area (Å²) in [6.07, 6.45) is 0. The summed E-state index contributed by atoms with van der Waals surface area (Å²) < 4.78 is 32.3. The normalized spacial score (nSPS) is 12.4. The third-order valence-corrected chi connectivity index (χ3v) is 1.06. The molecule has 0 radical (unpaired) electrons. The maximum Gasteiger partial charge on any atom is 0.397 e. The van der Waals surface area contributed by atoms with Gasteiger partial charge in [0.25, 0.3) is 0 Å². The molecule has 0 saturated carbocycles. The lowest BCUT2D eigenvalue weighted by molar-refractivity contribution is 0.181. The number of hydrogen-bond donors (Lipinski definition) is 2. The van der Waals surface area contributed by atoms with Gasteiger partial charge in [0.1, 0.15) is 0 Å². The van der Waals surface area contributed by atoms with Gasteiger partial charge in [-0.1, -0.05) is 20.8 Å². The predicted octanol–water partition coefficient (Wildman–Crippen LogP) is 1.01. The molecule has 4 N–H and O–H groups in total. The van der Waals surface area contributed by atoms with E-state index in [1.807, 2.05) is 0 Å². The highest BCUT2D eigenvalue weighted by molar-refractivity contribution is 7.80. The van der Waals surface area contributed by atoms with Gasteiger partial charge in [0.15, 0.2) is 0 Å². The molecule has 0 atom stereocenters. The molecule has 5 nitrogen and oxygen atoms in total. The van der Waals surface area contributed by atoms with Crippen LogP contribution in [0.15, 0.2) is 0 Å². The average molecular weight is 185 g/mol. The lowest BCUT2D eigenvalue weighted by Crippen LogP contribution is -2.17. The summed E-state index contributed by atoms with van der Waals surface area (Å²) in [6.45, 7) is 5.40. The fourth-order valence-corrected chi connectivity index (χ4v) is 0.754. The lowest BCUT2D eigenvalue weighted by Gasteiger charge is -2.15. The minimum Gasteiger partial charge on any atom is -0.344 e. The number of rotatable bonds is 2. The number of hydrogen-bond acceptors (Lipinski definition) is 4. The minimum atomic E-state index is -4.26. The van der Waals surface area contributed by atoms with Crippen molar-refractivity contribution in [3.63, 3.8) is 0 Å². The van der Waals surface area contributed by atoms with Crippen LogP contribution in [0.5, 0.6) is 0 Å². The molecule has 0 aliphatic carbocycles. The quantitative estimate of drug-likeness (QED) is 0.625. The van der Waals surface area contributed by atoms with Crippen molar-refractivity contribution in [3.05, 3.63) is 0 Å². The van der Waals surface area contributed by atoms with Crippen molar-refractivity contribution in [2.75, 3.05) is 6.61 Å². The summed E-state index contributed by atoms with van der Waals surface area (Å²) in [5, 5.41) is 0. The molecule has 11 heavy (non-hydrogen) atoms. The van der Waals surface area contributed by atoms with Crippen molar-refractivity contribution >= 4 is 10.4 Å². The van der Waals surface area contributed by atoms with Crippen LogP contribution in [0.25, 0.3) is 0 Å². The van der Waals surface area contributed by atoms with Crippen LogP contribution in [0.2, 0.25) is 0 Å². The zero-order chi connectivity index (χ0) is 8.41. The van der Waals surface area contributed by atoms with Crippen molar-refractivity contribution in [3.8, 4) is 0 Å². The second kappa shape index (κ2) is 4.01. The van der Waals surface area contributed by atoms with E-state index in [9.17, 15) is 8.42 Å². The van der Waals surface area contributed by atoms with E-state index in [0.717, 1.165) is 0 Å². The van der Waals surface area contributed by atoms with Gasteiger partial charge in [0.05, 0.1) is 6.61 Å². The second-order valence-corrected chi connectivity index (χ2v) is 4.34. The Morgan fingerprint density at radius 2 is 1.73 bits per heavy atom. The molecular weight excluding hydrogens is 170 g/mol. The molecule has 0 aromatic rings. The van der Waals surface area contributed by atoms with Crippen LogP contribution in [0.3, 0.4) is 0 Å². The molecule has 70 valence electrons. The van der Waals surface area contributed by atoms with Crippen LogP contribution in [0.4, 0.5) is 0 Å². The van der Waals surface area contributed by atoms with Gasteiger partial charge < -0.3 is 6.15 Å². The van der Waals surface area contributed by atoms with E-state index in [-0.39, 0.29) is 18.2 Å². The Morgan fingerprint density at radius 1 is 1.36 bits per heavy atom. The predicted molar refractivity (Wildman–Crippen MR) is 42.0 cm³/mol. The maximum atomic E-state index is 10.0. The summed E-state index contributed by atoms with van der Waals surface area (Å²) in [5.74, 6) is 0. The molecular formula is C5H15NO4S. The molecule has 0 aliphatic heterocycles. The Kier molecular flexibility index (Phi) is 4.89. The first kappa shape index (κ1) is 13.4. The van der Waals surface area contributed by atoms with E-state index in [0.29, 0.717) is 0 Å². The third-order valence-electron chi connectivity index (χ3n) is 0.641. The molecule has 0 unspecified atom stereocenters. The van der Waals surface area contributed by atoms with Crippen molar-refractivity contribution in [1.82, 2.24) is 6.15 Å². The van der Waals surface area contributed by atoms with Crippen LogP contribution < -0.4 is 6.15 Å². The topological polar surface area (TPSA) is 98.6 Å². The maximum absolute atomic E-state index is 10.0. The lowest BCUT2D eigenvalue weighted by atomic mass is 9.99. The molecule has 0 saturated heterocycles. The molecule has 0 aromatic heterocycles. The van der Waals surface area contributed by atoms with Crippen LogP contribution >= 0.6 is 0 Å². The molecule has 0 rings (SSSR count). The largest absolute Gasteiger partial charge is 0.397 e. The van der Waals surface area contributed by atoms with Gasteiger partial charge in [-0.25, -0.2) is 4.18 Å². The molecule has 0 spiro atoms. The summed E-state index contributed by atoms with van der Waals surface area (Å²) in [5.41, 5.74) is -0.254. The van der Waals surface area contributed by atoms with E-state index in [1.165, 1.54) is 0 Å². The zero-order valence-corrected chi connectivity index (χ0v) is 7.81. The zero-order valence-electron chi connectivity index (χ0n) is 6.99. The third kappa shape index (κ3) is 12.9. The Morgan fingerprint density at radius 3 is 1.82 bits per heavy atom. The van der Waals surface area contributed by atoms with Gasteiger partial charge >= 0.3 is 10.4 Å². The summed E-state index contributed by atoms with van der Waals surface area (Å²) in [6, 6.07) is 0. The first-order valence-corrected chi connectivity index (χ1v) is 4.19. The SMILES string of the molecule is CC(C)(C)COS(=O)(=O)O.N. The summed E-state index contributed by atoms with van der Waals surface area (Å²) in [4.78, 5) is 0. The molecule has 0 bridgehead atoms. The monoisotopic (exact) mass is 185 g/mol. The molecule has 0 aromatic carbocycles. The standard InChI is InChI=1S/C5H12O4S.H3N/c1-5(2,3)4-9-10(6,7)8;/h4H2,1-3H3,(H,6,7,8);1H3. The fraction of sp³-hybridized carbons (Fsp3) is 1.00. The molecule has 0 aliphatic rings. The second-order valence-electron chi connectivity index (χ2n) is 3.25. The molecule has 0 amide bonds. The highest BCUT2D eigenvalue weighted by Gasteiger charge is 2.14. The van der Waals surface area contributed by atoms with Crippen molar-refractivity contribution in [2.24, 2.45) is 5.41 Å². The first-order chi connectivity index (χ1) is 4.21. The fourth-order valence-electron chi connectivity index (χ4n) is 0.251. The Labute approximate surface area is 67.3 Å². The van der Waals surface area contributed by atoms with Crippen LogP contribution in [-0.4, -0.2) is 19.6 Å². The molecule has 0 heterocycles. The highest BCUT2D eigenvalue weighted by atomic mass is 32.3. The van der Waals surface area contributed by atoms with Gasteiger partial charge in [-0.3, -0.25) is 4.55 Å². The van der Waals surface area contributed by atoms with Crippen LogP contribution in [0.1, 0.15) is 20.8 Å². The summed E-state index contributed by atoms with van der Waals surface area (Å²) in [7, 11) is -4.26. The minimum absolute atomic E-state index is 0. The van der Waals surface area contributed by atoms with Crippen molar-refractivity contribution < 1.29 is 17.2 Å². The van der Waals surface area contributed by atoms with Gasteiger partial charge in [-0.15, -0.1) is 0 Å². The van der Waals surface area contributed by atoms with E-state index < -0.39 is 10.4 Å². The Hall–Kier alpha value is -0.170. The van der Waals surface area contributed by atoms with E-state index in [2.05, 4.69) is 4.18 Å². The van der Waals surface area contributed by atoms with Gasteiger partial charge in [-0.2, -0.15) is 8.42 Å². The summed E-state index contributed by atoms with van der Waals surface area (Å²) >= 11 is 0. The van der Waals surface area contributed by atoms with Gasteiger partial charge in [0, 0.05) is 0 Å². The molecule has 6 heteroatoms. The average Bonchev–Trinajstić information content (AvgIpc) is 1.57. The van der Waals surface area contributed by atoms with Crippen molar-refractivity contribution in [2.45, 2.75) is 20.8 Å². The van der Waals surface area contributed by atoms with E-state index in [4.69, 9.17) is 4.55 Å². The smallest absolute Gasteiger partial charge is 0.344 e. The molecule has 0 fully saturated rings. The Balaban J connectivity index is 0. The highest BCUT2D eigenvalue weighted by Crippen LogP contribution is 2.13. The first-order valence-electron chi connectivity index (χ1n) is 2.82. The Bertz CT molecular complexity index is 191. The van der Waals surface area contributed by atoms with Gasteiger partial charge in [0.2, 0.25) is 0 Å². The van der Waals surface area contributed by atoms with Crippen LogP contribution in [-0.2, 0) is 14.6 Å². The van der Waals surface area contributed by atoms with E-state index in [1.54, 1.807) is 20.8 Å². The van der Waals surface area contributed by atoms with Gasteiger partial charge in [-0.05, 0) is 5.41 Å². The van der Waals surface area contributed by atoms with Crippen molar-refractivity contribution in [1.29, 1.82) is 0 Å².